The summed E-state index contributed by atoms with van der Waals surface area (Å²) in [4.78, 5) is 39.0. The molecule has 0 spiro atoms. The van der Waals surface area contributed by atoms with Crippen LogP contribution in [0.3, 0.4) is 0 Å². The number of anilines is 1. The predicted octanol–water partition coefficient (Wildman–Crippen LogP) is 1.60. The number of hydrogen-bond acceptors (Lipinski definition) is 5. The van der Waals surface area contributed by atoms with Gasteiger partial charge < -0.3 is 10.2 Å². The van der Waals surface area contributed by atoms with Crippen LogP contribution in [0.15, 0.2) is 48.5 Å². The van der Waals surface area contributed by atoms with Crippen LogP contribution in [0.25, 0.3) is 0 Å². The molecule has 2 aromatic rings. The number of rotatable bonds is 3. The second-order valence-electron chi connectivity index (χ2n) is 6.92. The molecule has 7 nitrogen and oxygen atoms in total. The molecule has 0 aliphatic carbocycles. The fourth-order valence-electron chi connectivity index (χ4n) is 4.09. The van der Waals surface area contributed by atoms with Gasteiger partial charge in [0.25, 0.3) is 0 Å². The van der Waals surface area contributed by atoms with Crippen molar-refractivity contribution >= 4 is 23.5 Å². The Morgan fingerprint density at radius 2 is 1.74 bits per heavy atom. The Hall–Kier alpha value is -3.19. The van der Waals surface area contributed by atoms with E-state index in [1.807, 2.05) is 13.0 Å². The van der Waals surface area contributed by atoms with Gasteiger partial charge in [-0.2, -0.15) is 0 Å². The van der Waals surface area contributed by atoms with E-state index in [0.29, 0.717) is 11.3 Å². The fraction of sp³-hybridized carbons (Fsp3) is 0.250. The number of phenols is 1. The summed E-state index contributed by atoms with van der Waals surface area (Å²) in [5.41, 5.74) is 1.72. The molecule has 0 aromatic heterocycles. The minimum absolute atomic E-state index is 0.0472. The SMILES string of the molecule is Cc1cccc(N2C(=O)C3C(C(=O)O)NC(c4ccccc4O)C3C2=O)c1. The van der Waals surface area contributed by atoms with Crippen LogP contribution in [-0.2, 0) is 14.4 Å². The van der Waals surface area contributed by atoms with E-state index in [4.69, 9.17) is 0 Å². The second kappa shape index (κ2) is 6.21. The first-order chi connectivity index (χ1) is 12.9. The topological polar surface area (TPSA) is 107 Å². The number of carboxylic acid groups (broad SMARTS) is 1. The number of para-hydroxylation sites is 1. The van der Waals surface area contributed by atoms with Crippen molar-refractivity contribution in [3.05, 3.63) is 59.7 Å². The molecular formula is C20H18N2O5. The zero-order valence-electron chi connectivity index (χ0n) is 14.5. The quantitative estimate of drug-likeness (QED) is 0.713. The van der Waals surface area contributed by atoms with E-state index < -0.39 is 41.7 Å². The molecular weight excluding hydrogens is 348 g/mol. The highest BCUT2D eigenvalue weighted by Crippen LogP contribution is 2.46. The first kappa shape index (κ1) is 17.2. The third kappa shape index (κ3) is 2.59. The highest BCUT2D eigenvalue weighted by atomic mass is 16.4. The number of nitrogens with zero attached hydrogens (tertiary/aromatic N) is 1. The number of hydrogen-bond donors (Lipinski definition) is 3. The lowest BCUT2D eigenvalue weighted by Crippen LogP contribution is -2.43. The summed E-state index contributed by atoms with van der Waals surface area (Å²) in [7, 11) is 0. The number of nitrogens with one attached hydrogen (secondary N) is 1. The molecule has 27 heavy (non-hydrogen) atoms. The summed E-state index contributed by atoms with van der Waals surface area (Å²) in [5, 5.41) is 22.6. The van der Waals surface area contributed by atoms with E-state index in [1.165, 1.54) is 6.07 Å². The smallest absolute Gasteiger partial charge is 0.321 e. The number of amides is 2. The third-order valence-corrected chi connectivity index (χ3v) is 5.27. The average molecular weight is 366 g/mol. The molecule has 2 saturated heterocycles. The number of imide groups is 1. The maximum Gasteiger partial charge on any atom is 0.321 e. The lowest BCUT2D eigenvalue weighted by molar-refractivity contribution is -0.142. The monoisotopic (exact) mass is 366 g/mol. The highest BCUT2D eigenvalue weighted by molar-refractivity contribution is 6.23. The number of aliphatic carboxylic acids is 1. The van der Waals surface area contributed by atoms with Gasteiger partial charge in [0, 0.05) is 11.6 Å². The highest BCUT2D eigenvalue weighted by Gasteiger charge is 2.61. The molecule has 4 rings (SSSR count). The molecule has 7 heteroatoms. The Morgan fingerprint density at radius 1 is 1.04 bits per heavy atom. The molecule has 2 amide bonds. The standard InChI is InChI=1S/C20H18N2O5/c1-10-5-4-6-11(9-10)22-18(24)14-15(19(22)25)17(20(26)27)21-16(14)12-7-2-3-8-13(12)23/h2-9,14-17,21,23H,1H3,(H,26,27). The number of fused-ring (bicyclic) bond motifs is 1. The zero-order valence-corrected chi connectivity index (χ0v) is 14.5. The Morgan fingerprint density at radius 3 is 2.41 bits per heavy atom. The van der Waals surface area contributed by atoms with Gasteiger partial charge in [-0.1, -0.05) is 30.3 Å². The molecule has 2 aliphatic heterocycles. The molecule has 3 N–H and O–H groups in total. The van der Waals surface area contributed by atoms with Crippen LogP contribution in [0.5, 0.6) is 5.75 Å². The van der Waals surface area contributed by atoms with Gasteiger partial charge in [-0.15, -0.1) is 0 Å². The molecule has 2 fully saturated rings. The van der Waals surface area contributed by atoms with Crippen molar-refractivity contribution in [1.82, 2.24) is 5.32 Å². The van der Waals surface area contributed by atoms with E-state index >= 15 is 0 Å². The van der Waals surface area contributed by atoms with E-state index in [1.54, 1.807) is 36.4 Å². The fourth-order valence-corrected chi connectivity index (χ4v) is 4.09. The lowest BCUT2D eigenvalue weighted by Gasteiger charge is -2.22. The maximum absolute atomic E-state index is 13.2. The summed E-state index contributed by atoms with van der Waals surface area (Å²) in [6, 6.07) is 11.4. The molecule has 2 aliphatic rings. The van der Waals surface area contributed by atoms with Gasteiger partial charge in [0.2, 0.25) is 11.8 Å². The largest absolute Gasteiger partial charge is 0.508 e. The predicted molar refractivity (Wildman–Crippen MR) is 96.1 cm³/mol. The van der Waals surface area contributed by atoms with Gasteiger partial charge in [-0.05, 0) is 30.7 Å². The van der Waals surface area contributed by atoms with Gasteiger partial charge in [0.05, 0.1) is 17.5 Å². The number of aromatic hydroxyl groups is 1. The molecule has 0 bridgehead atoms. The van der Waals surface area contributed by atoms with Crippen LogP contribution in [0.4, 0.5) is 5.69 Å². The van der Waals surface area contributed by atoms with Crippen LogP contribution >= 0.6 is 0 Å². The number of phenolic OH excluding ortho intramolecular Hbond substituents is 1. The van der Waals surface area contributed by atoms with Crippen molar-refractivity contribution in [2.75, 3.05) is 4.90 Å². The molecule has 0 radical (unpaired) electrons. The van der Waals surface area contributed by atoms with Crippen molar-refractivity contribution in [3.8, 4) is 5.75 Å². The summed E-state index contributed by atoms with van der Waals surface area (Å²) < 4.78 is 0. The van der Waals surface area contributed by atoms with E-state index in [0.717, 1.165) is 10.5 Å². The van der Waals surface area contributed by atoms with Crippen LogP contribution in [0.1, 0.15) is 17.2 Å². The number of carbonyl (C=O) groups is 3. The minimum atomic E-state index is -1.20. The molecule has 2 heterocycles. The van der Waals surface area contributed by atoms with Crippen molar-refractivity contribution in [2.24, 2.45) is 11.8 Å². The van der Waals surface area contributed by atoms with Crippen molar-refractivity contribution < 1.29 is 24.6 Å². The van der Waals surface area contributed by atoms with E-state index in [-0.39, 0.29) is 5.75 Å². The maximum atomic E-state index is 13.2. The Kier molecular flexibility index (Phi) is 3.96. The number of aryl methyl sites for hydroxylation is 1. The van der Waals surface area contributed by atoms with E-state index in [2.05, 4.69) is 5.32 Å². The normalized spacial score (nSPS) is 27.1. The van der Waals surface area contributed by atoms with Gasteiger partial charge in [0.15, 0.2) is 0 Å². The minimum Gasteiger partial charge on any atom is -0.508 e. The van der Waals surface area contributed by atoms with Gasteiger partial charge in [0.1, 0.15) is 11.8 Å². The van der Waals surface area contributed by atoms with Gasteiger partial charge in [-0.3, -0.25) is 19.7 Å². The summed E-state index contributed by atoms with van der Waals surface area (Å²) in [6.07, 6.45) is 0. The summed E-state index contributed by atoms with van der Waals surface area (Å²) in [5.74, 6) is -4.16. The van der Waals surface area contributed by atoms with Gasteiger partial charge in [-0.25, -0.2) is 4.90 Å². The molecule has 4 atom stereocenters. The van der Waals surface area contributed by atoms with Crippen molar-refractivity contribution in [3.63, 3.8) is 0 Å². The molecule has 0 saturated carbocycles. The Labute approximate surface area is 155 Å². The molecule has 4 unspecified atom stereocenters. The number of carbonyl (C=O) groups excluding carboxylic acids is 2. The average Bonchev–Trinajstić information content (AvgIpc) is 3.13. The van der Waals surface area contributed by atoms with Crippen LogP contribution < -0.4 is 10.2 Å². The van der Waals surface area contributed by atoms with Crippen LogP contribution in [0, 0.1) is 18.8 Å². The van der Waals surface area contributed by atoms with Crippen LogP contribution in [0.2, 0.25) is 0 Å². The first-order valence-electron chi connectivity index (χ1n) is 8.61. The van der Waals surface area contributed by atoms with Crippen LogP contribution in [-0.4, -0.2) is 34.0 Å². The summed E-state index contributed by atoms with van der Waals surface area (Å²) >= 11 is 0. The van der Waals surface area contributed by atoms with Gasteiger partial charge >= 0.3 is 5.97 Å². The Bertz CT molecular complexity index is 957. The number of carboxylic acids is 1. The molecule has 2 aromatic carbocycles. The summed E-state index contributed by atoms with van der Waals surface area (Å²) in [6.45, 7) is 1.85. The zero-order chi connectivity index (χ0) is 19.3. The third-order valence-electron chi connectivity index (χ3n) is 5.27. The second-order valence-corrected chi connectivity index (χ2v) is 6.92. The van der Waals surface area contributed by atoms with Crippen molar-refractivity contribution in [1.29, 1.82) is 0 Å². The molecule has 138 valence electrons. The van der Waals surface area contributed by atoms with Crippen molar-refractivity contribution in [2.45, 2.75) is 19.0 Å². The van der Waals surface area contributed by atoms with E-state index in [9.17, 15) is 24.6 Å². The first-order valence-corrected chi connectivity index (χ1v) is 8.61. The lowest BCUT2D eigenvalue weighted by atomic mass is 9.86. The number of benzene rings is 2. The Balaban J connectivity index is 1.80.